The number of anilines is 1. The van der Waals surface area contributed by atoms with Crippen LogP contribution in [0.15, 0.2) is 131 Å². The van der Waals surface area contributed by atoms with Crippen molar-refractivity contribution in [2.45, 2.75) is 157 Å². The first-order valence-electron chi connectivity index (χ1n) is 43.5. The summed E-state index contributed by atoms with van der Waals surface area (Å²) in [6.07, 6.45) is 9.61. The summed E-state index contributed by atoms with van der Waals surface area (Å²) < 4.78 is 59.6. The van der Waals surface area contributed by atoms with Crippen LogP contribution in [0.3, 0.4) is 0 Å². The number of ether oxygens (including phenoxy) is 2. The molecule has 0 radical (unpaired) electrons. The van der Waals surface area contributed by atoms with Crippen LogP contribution in [0.25, 0.3) is 0 Å². The van der Waals surface area contributed by atoms with Crippen molar-refractivity contribution in [1.29, 1.82) is 0 Å². The molecule has 8 aliphatic rings. The summed E-state index contributed by atoms with van der Waals surface area (Å²) in [5.74, 6) is 1.99. The van der Waals surface area contributed by atoms with Gasteiger partial charge in [-0.1, -0.05) is 112 Å². The van der Waals surface area contributed by atoms with Gasteiger partial charge in [0.15, 0.2) is 0 Å². The Morgan fingerprint density at radius 2 is 0.762 bits per heavy atom. The zero-order valence-electron chi connectivity index (χ0n) is 76.7. The molecule has 14 rings (SSSR count). The van der Waals surface area contributed by atoms with Crippen molar-refractivity contribution in [2.24, 2.45) is 17.8 Å². The molecule has 0 bridgehead atoms. The number of benzene rings is 6. The van der Waals surface area contributed by atoms with Gasteiger partial charge < -0.3 is 54.8 Å². The molecule has 0 atom stereocenters. The zero-order chi connectivity index (χ0) is 93.9. The number of carbonyl (C=O) groups is 7. The molecule has 8 heterocycles. The maximum Gasteiger partial charge on any atom is 0.410 e. The van der Waals surface area contributed by atoms with E-state index in [0.717, 1.165) is 128 Å². The van der Waals surface area contributed by atoms with Crippen LogP contribution < -0.4 is 16.0 Å². The number of nitrogens with one attached hydrogen (secondary N) is 3. The van der Waals surface area contributed by atoms with Gasteiger partial charge in [-0.3, -0.25) is 38.7 Å². The molecule has 6 amide bonds. The number of rotatable bonds is 18. The lowest BCUT2D eigenvalue weighted by Gasteiger charge is -2.47. The highest BCUT2D eigenvalue weighted by Gasteiger charge is 2.40. The normalized spacial score (nSPS) is 17.6. The average Bonchev–Trinajstić information content (AvgIpc) is 0.788. The molecule has 718 valence electrons. The Morgan fingerprint density at radius 1 is 0.423 bits per heavy atom. The molecule has 8 aliphatic heterocycles. The molecule has 3 N–H and O–H groups in total. The number of ketones is 1. The first-order valence-corrected chi connectivity index (χ1v) is 49.6. The Bertz CT molecular complexity index is 5030. The number of halogens is 9. The maximum absolute atomic E-state index is 12.9. The predicted octanol–water partition coefficient (Wildman–Crippen LogP) is 16.3. The van der Waals surface area contributed by atoms with Crippen molar-refractivity contribution >= 4 is 171 Å². The maximum atomic E-state index is 12.9. The van der Waals surface area contributed by atoms with E-state index in [0.29, 0.717) is 111 Å². The Morgan fingerprint density at radius 3 is 1.10 bits per heavy atom. The summed E-state index contributed by atoms with van der Waals surface area (Å²) in [6.45, 7) is 25.5. The molecule has 0 aromatic heterocycles. The summed E-state index contributed by atoms with van der Waals surface area (Å²) in [6, 6.07) is 37.4. The third-order valence-corrected chi connectivity index (χ3v) is 28.7. The van der Waals surface area contributed by atoms with Crippen LogP contribution in [0.4, 0.5) is 15.3 Å². The highest BCUT2D eigenvalue weighted by molar-refractivity contribution is 8.13. The molecule has 0 saturated carbocycles. The lowest BCUT2D eigenvalue weighted by molar-refractivity contribution is -0.121. The summed E-state index contributed by atoms with van der Waals surface area (Å²) in [5, 5.41) is 12.6. The van der Waals surface area contributed by atoms with Crippen molar-refractivity contribution < 1.29 is 59.9 Å². The first kappa shape index (κ1) is 110. The van der Waals surface area contributed by atoms with Crippen molar-refractivity contribution in [2.75, 3.05) is 166 Å². The van der Waals surface area contributed by atoms with Gasteiger partial charge in [0, 0.05) is 182 Å². The van der Waals surface area contributed by atoms with E-state index in [9.17, 15) is 50.4 Å². The molecule has 6 aromatic rings. The number of likely N-dealkylation sites (tertiary alicyclic amines) is 5. The van der Waals surface area contributed by atoms with Gasteiger partial charge >= 0.3 is 12.2 Å². The molecule has 26 nitrogen and oxygen atoms in total. The van der Waals surface area contributed by atoms with Crippen LogP contribution in [0.1, 0.15) is 151 Å². The van der Waals surface area contributed by atoms with Gasteiger partial charge in [0.1, 0.15) is 26.8 Å². The van der Waals surface area contributed by atoms with E-state index >= 15 is 0 Å². The largest absolute Gasteiger partial charge is 0.444 e. The molecule has 8 saturated heterocycles. The van der Waals surface area contributed by atoms with Crippen molar-refractivity contribution in [3.05, 3.63) is 190 Å². The standard InChI is InChI=1S/C23H28Cl2N4O3S.C23H34ClN3O3.C18H26ClN3O.C13H17ClN2O.C10H17NO3.C6H4Cl2O2S.2ClH/c1-27(2)23(30)19-8-7-16(13-21(19)25)26-17-14-28(15-17)18-9-11-29(12-10-18)33(31,32)22-6-4-3-5-20(22)24;1-23(2,3)30-22(29)26-10-8-18(9-11-26)27-14-17(15-27)12-16-6-7-19(20(24)13-16)21(28)25(4)5;1-21(2)18(23)16-4-3-13(10-17(16)19)9-14-11-22(12-14)15-5-7-20-8-6-15;1-16(2)13(17)11-4-3-9(6-12(11)14)5-10-7-15-8-10;1-10(2,3)14-9(13)11-6-4-8(12)5-7-11;7-5-3-1-2-4-6(5)11(8,9)10;;/h3-8,13,17-18,26H,9-12,14-15H2,1-2H3;6-7,13,17-18H,8-12,14-15H2,1-5H3;3-4,10,14-15,20H,5-9,11-12H2,1-2H3;3-4,6,10,15H,5,7-8H2,1-2H3;4-7H2,1-3H3;1-4H;2*1H. The molecule has 0 spiro atoms. The van der Waals surface area contributed by atoms with Gasteiger partial charge in [-0.25, -0.2) is 26.4 Å². The topological polar surface area (TPSA) is 275 Å². The van der Waals surface area contributed by atoms with E-state index in [1.807, 2.05) is 101 Å². The van der Waals surface area contributed by atoms with E-state index in [1.165, 1.54) is 64.6 Å². The molecule has 0 aliphatic carbocycles. The molecular weight excluding hydrogens is 1890 g/mol. The molecular formula is C93H128Cl9N13O13S2. The minimum absolute atomic E-state index is 0. The van der Waals surface area contributed by atoms with E-state index < -0.39 is 30.3 Å². The lowest BCUT2D eigenvalue weighted by atomic mass is 9.88. The minimum Gasteiger partial charge on any atom is -0.444 e. The lowest BCUT2D eigenvalue weighted by Crippen LogP contribution is -2.60. The quantitative estimate of drug-likeness (QED) is 0.0674. The first-order chi connectivity index (χ1) is 60.2. The summed E-state index contributed by atoms with van der Waals surface area (Å²) >= 11 is 36.8. The fraction of sp³-hybridized carbons (Fsp3) is 0.538. The van der Waals surface area contributed by atoms with Crippen LogP contribution >= 0.6 is 105 Å². The van der Waals surface area contributed by atoms with E-state index in [1.54, 1.807) is 124 Å². The van der Waals surface area contributed by atoms with Gasteiger partial charge in [-0.05, 0) is 239 Å². The van der Waals surface area contributed by atoms with Gasteiger partial charge in [-0.15, -0.1) is 24.8 Å². The second-order valence-electron chi connectivity index (χ2n) is 36.6. The van der Waals surface area contributed by atoms with Crippen LogP contribution in [-0.2, 0) is 52.6 Å². The van der Waals surface area contributed by atoms with E-state index in [2.05, 4.69) is 36.7 Å². The molecule has 130 heavy (non-hydrogen) atoms. The third kappa shape index (κ3) is 32.9. The number of hydrogen-bond acceptors (Lipinski definition) is 19. The second-order valence-corrected chi connectivity index (χ2v) is 43.5. The Kier molecular flexibility index (Phi) is 42.8. The molecule has 37 heteroatoms. The minimum atomic E-state index is -3.69. The third-order valence-electron chi connectivity index (χ3n) is 23.2. The summed E-state index contributed by atoms with van der Waals surface area (Å²) in [7, 11) is 11.6. The highest BCUT2D eigenvalue weighted by Crippen LogP contribution is 2.35. The fourth-order valence-electron chi connectivity index (χ4n) is 16.1. The Balaban J connectivity index is 0.000000221. The highest BCUT2D eigenvalue weighted by atomic mass is 35.7. The molecule has 8 fully saturated rings. The summed E-state index contributed by atoms with van der Waals surface area (Å²) in [5.41, 5.74) is 5.81. The fourth-order valence-corrected chi connectivity index (χ4v) is 20.7. The smallest absolute Gasteiger partial charge is 0.410 e. The molecule has 6 aromatic carbocycles. The van der Waals surface area contributed by atoms with E-state index in [-0.39, 0.29) is 86.2 Å². The number of hydrogen-bond donors (Lipinski definition) is 3. The van der Waals surface area contributed by atoms with Crippen LogP contribution in [0.5, 0.6) is 0 Å². The van der Waals surface area contributed by atoms with Crippen LogP contribution in [0, 0.1) is 17.8 Å². The predicted molar refractivity (Wildman–Crippen MR) is 525 cm³/mol. The van der Waals surface area contributed by atoms with Crippen LogP contribution in [-0.4, -0.2) is 303 Å². The van der Waals surface area contributed by atoms with Crippen molar-refractivity contribution in [3.63, 3.8) is 0 Å². The second kappa shape index (κ2) is 50.3. The monoisotopic (exact) mass is 2010 g/mol. The molecule has 0 unspecified atom stereocenters. The summed E-state index contributed by atoms with van der Waals surface area (Å²) in [4.78, 5) is 100.0. The average molecular weight is 2020 g/mol. The van der Waals surface area contributed by atoms with Gasteiger partial charge in [0.25, 0.3) is 32.7 Å². The number of piperidine rings is 4. The van der Waals surface area contributed by atoms with Crippen molar-refractivity contribution in [1.82, 2.24) is 59.0 Å². The zero-order valence-corrected chi connectivity index (χ0v) is 85.3. The van der Waals surface area contributed by atoms with Crippen molar-refractivity contribution in [3.8, 4) is 0 Å². The number of carbonyl (C=O) groups excluding carboxylic acids is 7. The Hall–Kier alpha value is -6.52. The number of amides is 6. The number of nitrogens with zero attached hydrogens (tertiary/aromatic N) is 10. The number of Topliss-reactive ketones (excluding diaryl/α,β-unsaturated/α-hetero) is 1. The SMILES string of the molecule is CC(C)(C)OC(=O)N1CCC(=O)CC1.CN(C)C(=O)c1ccc(CC2CN(C3CCN(C(=O)OC(C)(C)C)CC3)C2)cc1Cl.CN(C)C(=O)c1ccc(CC2CN(C3CCNCC3)C2)cc1Cl.CN(C)C(=O)c1ccc(CC2CNC2)cc1Cl.CN(C)C(=O)c1ccc(NC2CN(C3CCN(S(=O)(=O)c4ccccc4Cl)CC3)C2)cc1Cl.Cl.Cl.O=S(=O)(Cl)c1ccccc1Cl. The van der Waals surface area contributed by atoms with Gasteiger partial charge in [-0.2, -0.15) is 4.31 Å². The van der Waals surface area contributed by atoms with Gasteiger partial charge in [0.2, 0.25) is 10.0 Å². The Labute approximate surface area is 815 Å². The van der Waals surface area contributed by atoms with Gasteiger partial charge in [0.05, 0.1) is 58.4 Å². The van der Waals surface area contributed by atoms with E-state index in [4.69, 9.17) is 89.8 Å². The van der Waals surface area contributed by atoms with Crippen LogP contribution in [0.2, 0.25) is 30.1 Å². The number of sulfonamides is 1.